The van der Waals surface area contributed by atoms with Crippen LogP contribution >= 0.6 is 27.7 Å². The lowest BCUT2D eigenvalue weighted by atomic mass is 10.1. The Morgan fingerprint density at radius 1 is 1.24 bits per heavy atom. The molecule has 0 spiro atoms. The summed E-state index contributed by atoms with van der Waals surface area (Å²) >= 11 is 4.81. The summed E-state index contributed by atoms with van der Waals surface area (Å²) in [6.07, 6.45) is 2.56. The molecule has 1 aromatic heterocycles. The largest absolute Gasteiger partial charge is 0.493 e. The molecule has 29 heavy (non-hydrogen) atoms. The lowest BCUT2D eigenvalue weighted by Crippen LogP contribution is -2.14. The third-order valence-corrected chi connectivity index (χ3v) is 5.44. The van der Waals surface area contributed by atoms with E-state index in [1.807, 2.05) is 36.4 Å². The van der Waals surface area contributed by atoms with E-state index in [9.17, 15) is 10.1 Å². The number of thioether (sulfide) groups is 1. The number of hydrogen-bond donors (Lipinski definition) is 1. The van der Waals surface area contributed by atoms with Gasteiger partial charge in [-0.2, -0.15) is 5.26 Å². The molecule has 1 N–H and O–H groups in total. The lowest BCUT2D eigenvalue weighted by Gasteiger charge is -2.14. The zero-order chi connectivity index (χ0) is 20.8. The Morgan fingerprint density at radius 3 is 2.66 bits per heavy atom. The van der Waals surface area contributed by atoms with Gasteiger partial charge in [-0.15, -0.1) is 0 Å². The van der Waals surface area contributed by atoms with Gasteiger partial charge in [0.1, 0.15) is 11.6 Å². The van der Waals surface area contributed by atoms with Crippen LogP contribution in [0.2, 0.25) is 0 Å². The topological polar surface area (TPSA) is 88.0 Å². The molecule has 8 heteroatoms. The molecule has 0 aliphatic rings. The molecule has 0 saturated carbocycles. The summed E-state index contributed by atoms with van der Waals surface area (Å²) in [5, 5.41) is 9.86. The molecule has 3 aromatic rings. The molecule has 0 amide bonds. The Labute approximate surface area is 181 Å². The fourth-order valence-electron chi connectivity index (χ4n) is 2.76. The maximum atomic E-state index is 12.2. The van der Waals surface area contributed by atoms with Gasteiger partial charge in [0, 0.05) is 16.5 Å². The van der Waals surface area contributed by atoms with Crippen molar-refractivity contribution in [3.63, 3.8) is 0 Å². The highest BCUT2D eigenvalue weighted by Crippen LogP contribution is 2.39. The van der Waals surface area contributed by atoms with Gasteiger partial charge in [-0.3, -0.25) is 4.79 Å². The van der Waals surface area contributed by atoms with Gasteiger partial charge in [-0.25, -0.2) is 4.98 Å². The fraction of sp³-hybridized carbons (Fsp3) is 0.190. The molecular weight excluding hydrogens is 454 g/mol. The minimum absolute atomic E-state index is 0.0525. The number of ether oxygens (including phenoxy) is 2. The molecule has 0 unspecified atom stereocenters. The number of rotatable bonds is 7. The van der Waals surface area contributed by atoms with E-state index in [-0.39, 0.29) is 5.56 Å². The number of aromatic nitrogens is 2. The minimum atomic E-state index is -0.476. The third-order valence-electron chi connectivity index (χ3n) is 4.20. The van der Waals surface area contributed by atoms with Crippen molar-refractivity contribution in [1.29, 1.82) is 5.26 Å². The van der Waals surface area contributed by atoms with Gasteiger partial charge in [-0.05, 0) is 39.9 Å². The second-order valence-corrected chi connectivity index (χ2v) is 7.63. The summed E-state index contributed by atoms with van der Waals surface area (Å²) in [4.78, 5) is 19.2. The second-order valence-electron chi connectivity index (χ2n) is 5.98. The van der Waals surface area contributed by atoms with E-state index < -0.39 is 5.56 Å². The van der Waals surface area contributed by atoms with Crippen molar-refractivity contribution in [1.82, 2.24) is 9.97 Å². The van der Waals surface area contributed by atoms with Gasteiger partial charge in [0.2, 0.25) is 0 Å². The third kappa shape index (κ3) is 4.81. The first-order valence-corrected chi connectivity index (χ1v) is 10.7. The molecule has 6 nitrogen and oxygen atoms in total. The van der Waals surface area contributed by atoms with Crippen LogP contribution < -0.4 is 15.0 Å². The van der Waals surface area contributed by atoms with Crippen molar-refractivity contribution in [2.75, 3.05) is 20.0 Å². The number of methoxy groups -OCH3 is 1. The molecule has 0 atom stereocenters. The molecule has 148 valence electrons. The van der Waals surface area contributed by atoms with Gasteiger partial charge in [0.05, 0.1) is 19.4 Å². The standard InChI is InChI=1S/C21H18BrN3O3S/c1-27-17-10-14(19-15(12-23)20(26)25-21(24-19)29-2)16(22)11-18(17)28-9-8-13-6-4-3-5-7-13/h3-7,10-11H,8-9H2,1-2H3,(H,24,25,26). The SMILES string of the molecule is COc1cc(-c2nc(SC)[nH]c(=O)c2C#N)c(Br)cc1OCCc1ccccc1. The first-order valence-electron chi connectivity index (χ1n) is 8.70. The van der Waals surface area contributed by atoms with E-state index in [0.717, 1.165) is 6.42 Å². The first kappa shape index (κ1) is 21.0. The van der Waals surface area contributed by atoms with Crippen LogP contribution in [0.15, 0.2) is 56.9 Å². The molecule has 0 bridgehead atoms. The number of halogens is 1. The van der Waals surface area contributed by atoms with Crippen molar-refractivity contribution < 1.29 is 9.47 Å². The highest BCUT2D eigenvalue weighted by atomic mass is 79.9. The van der Waals surface area contributed by atoms with E-state index in [4.69, 9.17) is 9.47 Å². The van der Waals surface area contributed by atoms with Crippen molar-refractivity contribution in [3.05, 3.63) is 68.4 Å². The quantitative estimate of drug-likeness (QED) is 0.405. The van der Waals surface area contributed by atoms with Crippen LogP contribution in [0.3, 0.4) is 0 Å². The van der Waals surface area contributed by atoms with Crippen molar-refractivity contribution in [3.8, 4) is 28.8 Å². The Balaban J connectivity index is 1.94. The van der Waals surface area contributed by atoms with Crippen molar-refractivity contribution >= 4 is 27.7 Å². The predicted molar refractivity (Wildman–Crippen MR) is 117 cm³/mol. The Kier molecular flexibility index (Phi) is 6.96. The molecule has 0 aliphatic carbocycles. The molecule has 2 aromatic carbocycles. The smallest absolute Gasteiger partial charge is 0.270 e. The van der Waals surface area contributed by atoms with Gasteiger partial charge in [0.15, 0.2) is 16.7 Å². The Bertz CT molecular complexity index is 1110. The van der Waals surface area contributed by atoms with Crippen molar-refractivity contribution in [2.45, 2.75) is 11.6 Å². The molecule has 0 aliphatic heterocycles. The first-order chi connectivity index (χ1) is 14.1. The van der Waals surface area contributed by atoms with Crippen LogP contribution in [0, 0.1) is 11.3 Å². The van der Waals surface area contributed by atoms with E-state index in [0.29, 0.717) is 39.0 Å². The summed E-state index contributed by atoms with van der Waals surface area (Å²) in [6, 6.07) is 15.5. The summed E-state index contributed by atoms with van der Waals surface area (Å²) in [7, 11) is 1.54. The number of aromatic amines is 1. The average molecular weight is 472 g/mol. The molecule has 0 saturated heterocycles. The maximum Gasteiger partial charge on any atom is 0.270 e. The van der Waals surface area contributed by atoms with Crippen LogP contribution in [-0.4, -0.2) is 29.9 Å². The predicted octanol–water partition coefficient (Wildman–Crippen LogP) is 4.42. The zero-order valence-corrected chi connectivity index (χ0v) is 18.3. The van der Waals surface area contributed by atoms with Crippen LogP contribution in [0.5, 0.6) is 11.5 Å². The van der Waals surface area contributed by atoms with E-state index in [2.05, 4.69) is 25.9 Å². The molecular formula is C21H18BrN3O3S. The average Bonchev–Trinajstić information content (AvgIpc) is 2.74. The normalized spacial score (nSPS) is 10.4. The van der Waals surface area contributed by atoms with E-state index in [1.54, 1.807) is 25.5 Å². The summed E-state index contributed by atoms with van der Waals surface area (Å²) in [5.41, 5.74) is 1.52. The van der Waals surface area contributed by atoms with Crippen LogP contribution in [0.1, 0.15) is 11.1 Å². The van der Waals surface area contributed by atoms with Gasteiger partial charge < -0.3 is 14.5 Å². The molecule has 3 rings (SSSR count). The zero-order valence-electron chi connectivity index (χ0n) is 15.9. The monoisotopic (exact) mass is 471 g/mol. The highest BCUT2D eigenvalue weighted by Gasteiger charge is 2.19. The number of nitrogens with one attached hydrogen (secondary N) is 1. The molecule has 0 radical (unpaired) electrons. The lowest BCUT2D eigenvalue weighted by molar-refractivity contribution is 0.297. The molecule has 1 heterocycles. The highest BCUT2D eigenvalue weighted by molar-refractivity contribution is 9.10. The van der Waals surface area contributed by atoms with E-state index in [1.165, 1.54) is 17.3 Å². The Hall–Kier alpha value is -2.76. The maximum absolute atomic E-state index is 12.2. The summed E-state index contributed by atoms with van der Waals surface area (Å²) < 4.78 is 12.0. The van der Waals surface area contributed by atoms with Gasteiger partial charge in [0.25, 0.3) is 5.56 Å². The van der Waals surface area contributed by atoms with E-state index >= 15 is 0 Å². The summed E-state index contributed by atoms with van der Waals surface area (Å²) in [6.45, 7) is 0.482. The minimum Gasteiger partial charge on any atom is -0.493 e. The summed E-state index contributed by atoms with van der Waals surface area (Å²) in [5.74, 6) is 1.06. The van der Waals surface area contributed by atoms with Crippen LogP contribution in [-0.2, 0) is 6.42 Å². The van der Waals surface area contributed by atoms with Crippen LogP contribution in [0.4, 0.5) is 0 Å². The second kappa shape index (κ2) is 9.63. The number of nitriles is 1. The van der Waals surface area contributed by atoms with Gasteiger partial charge in [-0.1, -0.05) is 42.1 Å². The number of benzene rings is 2. The van der Waals surface area contributed by atoms with Crippen molar-refractivity contribution in [2.24, 2.45) is 0 Å². The number of hydrogen-bond acceptors (Lipinski definition) is 6. The molecule has 0 fully saturated rings. The number of H-pyrrole nitrogens is 1. The fourth-order valence-corrected chi connectivity index (χ4v) is 3.65. The van der Waals surface area contributed by atoms with Crippen LogP contribution in [0.25, 0.3) is 11.3 Å². The Morgan fingerprint density at radius 2 is 2.00 bits per heavy atom. The number of nitrogens with zero attached hydrogens (tertiary/aromatic N) is 2. The van der Waals surface area contributed by atoms with Gasteiger partial charge >= 0.3 is 0 Å².